The van der Waals surface area contributed by atoms with Crippen LogP contribution in [0, 0.1) is 19.7 Å². The highest BCUT2D eigenvalue weighted by atomic mass is 32.2. The molecule has 3 aromatic rings. The second-order valence-corrected chi connectivity index (χ2v) is 10.8. The van der Waals surface area contributed by atoms with Gasteiger partial charge >= 0.3 is 0 Å². The van der Waals surface area contributed by atoms with Crippen LogP contribution >= 0.6 is 11.3 Å². The number of piperidine rings is 1. The summed E-state index contributed by atoms with van der Waals surface area (Å²) >= 11 is 1.15. The number of rotatable bonds is 5. The molecule has 0 spiro atoms. The monoisotopic (exact) mass is 474 g/mol. The fourth-order valence-corrected chi connectivity index (χ4v) is 6.07. The van der Waals surface area contributed by atoms with E-state index >= 15 is 0 Å². The second-order valence-electron chi connectivity index (χ2n) is 7.85. The van der Waals surface area contributed by atoms with Gasteiger partial charge in [0, 0.05) is 24.7 Å². The van der Waals surface area contributed by atoms with Gasteiger partial charge in [-0.2, -0.15) is 4.31 Å². The summed E-state index contributed by atoms with van der Waals surface area (Å²) in [6.07, 6.45) is 1.47. The van der Waals surface area contributed by atoms with Crippen LogP contribution in [0.5, 0.6) is 0 Å². The van der Waals surface area contributed by atoms with Crippen molar-refractivity contribution < 1.29 is 17.6 Å². The zero-order chi connectivity index (χ0) is 22.9. The Labute approximate surface area is 190 Å². The Morgan fingerprint density at radius 2 is 1.88 bits per heavy atom. The van der Waals surface area contributed by atoms with Crippen molar-refractivity contribution in [2.45, 2.75) is 37.5 Å². The van der Waals surface area contributed by atoms with Crippen LogP contribution in [0.2, 0.25) is 0 Å². The summed E-state index contributed by atoms with van der Waals surface area (Å²) in [6, 6.07) is 10.6. The number of hydrogen-bond donors (Lipinski definition) is 1. The first-order valence-electron chi connectivity index (χ1n) is 10.2. The molecule has 2 aromatic carbocycles. The van der Waals surface area contributed by atoms with Gasteiger partial charge in [-0.25, -0.2) is 12.8 Å². The van der Waals surface area contributed by atoms with Crippen molar-refractivity contribution in [1.82, 2.24) is 14.5 Å². The number of halogens is 1. The Hall–Kier alpha value is -2.69. The van der Waals surface area contributed by atoms with E-state index < -0.39 is 15.9 Å². The summed E-state index contributed by atoms with van der Waals surface area (Å²) in [6.45, 7) is 4.58. The van der Waals surface area contributed by atoms with E-state index in [-0.39, 0.29) is 21.6 Å². The van der Waals surface area contributed by atoms with Crippen LogP contribution in [0.4, 0.5) is 10.1 Å². The average Bonchev–Trinajstić information content (AvgIpc) is 3.28. The molecular formula is C22H23FN4O3S2. The number of aryl methyl sites for hydroxylation is 2. The van der Waals surface area contributed by atoms with Gasteiger partial charge in [0.25, 0.3) is 5.91 Å². The van der Waals surface area contributed by atoms with Gasteiger partial charge in [-0.1, -0.05) is 17.4 Å². The van der Waals surface area contributed by atoms with Crippen molar-refractivity contribution in [2.75, 3.05) is 18.4 Å². The lowest BCUT2D eigenvalue weighted by molar-refractivity contribution is 0.102. The van der Waals surface area contributed by atoms with Gasteiger partial charge in [0.2, 0.25) is 15.0 Å². The van der Waals surface area contributed by atoms with E-state index in [0.717, 1.165) is 28.9 Å². The fourth-order valence-electron chi connectivity index (χ4n) is 3.59. The lowest BCUT2D eigenvalue weighted by atomic mass is 10.0. The number of carbonyl (C=O) groups excluding carboxylic acids is 1. The Morgan fingerprint density at radius 1 is 1.12 bits per heavy atom. The van der Waals surface area contributed by atoms with Gasteiger partial charge in [0.15, 0.2) is 0 Å². The molecule has 1 N–H and O–H groups in total. The standard InChI is InChI=1S/C22H23FN4O3S2/c1-14-5-10-19(12-15(14)2)32(29,30)27-11-3-4-16(13-27)21-25-26-22(31-21)20(28)24-18-8-6-17(23)7-9-18/h5-10,12,16H,3-4,11,13H2,1-2H3,(H,24,28)/t16-/m0/s1. The van der Waals surface area contributed by atoms with Crippen LogP contribution in [0.1, 0.15) is 44.7 Å². The van der Waals surface area contributed by atoms with Gasteiger partial charge in [0.1, 0.15) is 10.8 Å². The Morgan fingerprint density at radius 3 is 2.59 bits per heavy atom. The van der Waals surface area contributed by atoms with Gasteiger partial charge in [-0.05, 0) is 74.2 Å². The fraction of sp³-hybridized carbons (Fsp3) is 0.318. The zero-order valence-electron chi connectivity index (χ0n) is 17.7. The Bertz CT molecular complexity index is 1240. The molecule has 7 nitrogen and oxygen atoms in total. The van der Waals surface area contributed by atoms with E-state index in [1.807, 2.05) is 19.9 Å². The van der Waals surface area contributed by atoms with E-state index in [4.69, 9.17) is 0 Å². The van der Waals surface area contributed by atoms with Gasteiger partial charge in [-0.3, -0.25) is 4.79 Å². The van der Waals surface area contributed by atoms with Crippen molar-refractivity contribution in [2.24, 2.45) is 0 Å². The molecule has 168 valence electrons. The first kappa shape index (κ1) is 22.5. The number of carbonyl (C=O) groups is 1. The smallest absolute Gasteiger partial charge is 0.286 e. The summed E-state index contributed by atoms with van der Waals surface area (Å²) in [5.41, 5.74) is 2.43. The Kier molecular flexibility index (Phi) is 6.36. The molecule has 0 radical (unpaired) electrons. The van der Waals surface area contributed by atoms with Crippen LogP contribution in [0.25, 0.3) is 0 Å². The summed E-state index contributed by atoms with van der Waals surface area (Å²) in [5.74, 6) is -0.954. The van der Waals surface area contributed by atoms with Gasteiger partial charge in [-0.15, -0.1) is 10.2 Å². The number of amides is 1. The van der Waals surface area contributed by atoms with Gasteiger partial charge in [0.05, 0.1) is 4.90 Å². The van der Waals surface area contributed by atoms with Crippen molar-refractivity contribution in [3.8, 4) is 0 Å². The highest BCUT2D eigenvalue weighted by Crippen LogP contribution is 2.32. The molecule has 4 rings (SSSR count). The highest BCUT2D eigenvalue weighted by molar-refractivity contribution is 7.89. The molecule has 1 fully saturated rings. The molecule has 0 aliphatic carbocycles. The van der Waals surface area contributed by atoms with E-state index in [2.05, 4.69) is 15.5 Å². The minimum Gasteiger partial charge on any atom is -0.320 e. The molecule has 1 atom stereocenters. The lowest BCUT2D eigenvalue weighted by Gasteiger charge is -2.30. The quantitative estimate of drug-likeness (QED) is 0.601. The van der Waals surface area contributed by atoms with Crippen LogP contribution in [0.3, 0.4) is 0 Å². The molecule has 0 unspecified atom stereocenters. The van der Waals surface area contributed by atoms with Crippen molar-refractivity contribution in [3.05, 3.63) is 69.4 Å². The second kappa shape index (κ2) is 9.05. The molecule has 2 heterocycles. The summed E-state index contributed by atoms with van der Waals surface area (Å²) < 4.78 is 40.9. The number of aromatic nitrogens is 2. The van der Waals surface area contributed by atoms with E-state index in [0.29, 0.717) is 30.2 Å². The third-order valence-corrected chi connectivity index (χ3v) is 8.53. The lowest BCUT2D eigenvalue weighted by Crippen LogP contribution is -2.39. The number of nitrogens with one attached hydrogen (secondary N) is 1. The predicted octanol–water partition coefficient (Wildman–Crippen LogP) is 4.11. The van der Waals surface area contributed by atoms with Crippen LogP contribution < -0.4 is 5.32 Å². The molecule has 1 saturated heterocycles. The third-order valence-electron chi connectivity index (χ3n) is 5.59. The van der Waals surface area contributed by atoms with Crippen molar-refractivity contribution >= 4 is 33.0 Å². The summed E-state index contributed by atoms with van der Waals surface area (Å²) in [4.78, 5) is 12.7. The first-order chi connectivity index (χ1) is 15.2. The van der Waals surface area contributed by atoms with Crippen LogP contribution in [-0.4, -0.2) is 41.9 Å². The summed E-state index contributed by atoms with van der Waals surface area (Å²) in [7, 11) is -3.62. The molecule has 1 aliphatic rings. The molecule has 0 bridgehead atoms. The molecule has 0 saturated carbocycles. The molecular weight excluding hydrogens is 451 g/mol. The molecule has 1 aliphatic heterocycles. The minimum atomic E-state index is -3.62. The topological polar surface area (TPSA) is 92.3 Å². The zero-order valence-corrected chi connectivity index (χ0v) is 19.3. The molecule has 32 heavy (non-hydrogen) atoms. The van der Waals surface area contributed by atoms with Crippen molar-refractivity contribution in [3.63, 3.8) is 0 Å². The minimum absolute atomic E-state index is 0.130. The number of hydrogen-bond acceptors (Lipinski definition) is 6. The van der Waals surface area contributed by atoms with Gasteiger partial charge < -0.3 is 5.32 Å². The van der Waals surface area contributed by atoms with Crippen LogP contribution in [-0.2, 0) is 10.0 Å². The van der Waals surface area contributed by atoms with Crippen LogP contribution in [0.15, 0.2) is 47.4 Å². The van der Waals surface area contributed by atoms with E-state index in [1.54, 1.807) is 12.1 Å². The van der Waals surface area contributed by atoms with Crippen molar-refractivity contribution in [1.29, 1.82) is 0 Å². The third kappa shape index (κ3) is 4.72. The number of anilines is 1. The first-order valence-corrected chi connectivity index (χ1v) is 12.5. The SMILES string of the molecule is Cc1ccc(S(=O)(=O)N2CCC[C@H](c3nnc(C(=O)Nc4ccc(F)cc4)s3)C2)cc1C. The normalized spacial score (nSPS) is 17.3. The average molecular weight is 475 g/mol. The van der Waals surface area contributed by atoms with E-state index in [9.17, 15) is 17.6 Å². The molecule has 10 heteroatoms. The maximum absolute atomic E-state index is 13.2. The highest BCUT2D eigenvalue weighted by Gasteiger charge is 2.33. The maximum Gasteiger partial charge on any atom is 0.286 e. The number of nitrogens with zero attached hydrogens (tertiary/aromatic N) is 3. The molecule has 1 amide bonds. The van der Waals surface area contributed by atoms with E-state index in [1.165, 1.54) is 28.6 Å². The Balaban J connectivity index is 1.48. The summed E-state index contributed by atoms with van der Waals surface area (Å²) in [5, 5.41) is 11.6. The number of benzene rings is 2. The predicted molar refractivity (Wildman–Crippen MR) is 121 cm³/mol. The molecule has 1 aromatic heterocycles. The number of sulfonamides is 1. The maximum atomic E-state index is 13.2. The largest absolute Gasteiger partial charge is 0.320 e.